The molecule has 0 saturated heterocycles. The van der Waals surface area contributed by atoms with Gasteiger partial charge in [0.15, 0.2) is 0 Å². The van der Waals surface area contributed by atoms with Gasteiger partial charge in [-0.2, -0.15) is 13.2 Å². The van der Waals surface area contributed by atoms with Crippen LogP contribution < -0.4 is 5.48 Å². The summed E-state index contributed by atoms with van der Waals surface area (Å²) in [6.45, 7) is 0. The fourth-order valence-electron chi connectivity index (χ4n) is 1.96. The minimum Gasteiger partial charge on any atom is -0.277 e. The summed E-state index contributed by atoms with van der Waals surface area (Å²) in [6.07, 6.45) is -3.34. The second-order valence-electron chi connectivity index (χ2n) is 4.30. The summed E-state index contributed by atoms with van der Waals surface area (Å²) in [5.74, 6) is -0.399. The number of hydrogen-bond donors (Lipinski definition) is 1. The molecule has 2 rings (SSSR count). The third-order valence-electron chi connectivity index (χ3n) is 3.12. The summed E-state index contributed by atoms with van der Waals surface area (Å²) in [5, 5.41) is 0. The van der Waals surface area contributed by atoms with Crippen molar-refractivity contribution in [1.82, 2.24) is 5.48 Å². The van der Waals surface area contributed by atoms with Gasteiger partial charge in [-0.1, -0.05) is 18.2 Å². The Hall–Kier alpha value is -1.56. The first-order valence-corrected chi connectivity index (χ1v) is 5.41. The van der Waals surface area contributed by atoms with Crippen LogP contribution in [0.5, 0.6) is 0 Å². The Kier molecular flexibility index (Phi) is 3.06. The van der Waals surface area contributed by atoms with E-state index in [4.69, 9.17) is 0 Å². The SMILES string of the molecule is CONC(=O)C1(c2cccc(C(F)(F)F)c2)CC1. The zero-order chi connectivity index (χ0) is 13.4. The lowest BCUT2D eigenvalue weighted by Gasteiger charge is -2.16. The number of halogens is 3. The molecule has 1 aromatic rings. The molecule has 0 unspecified atom stereocenters. The number of carbonyl (C=O) groups is 1. The van der Waals surface area contributed by atoms with E-state index in [1.807, 2.05) is 0 Å². The lowest BCUT2D eigenvalue weighted by atomic mass is 9.93. The Morgan fingerprint density at radius 1 is 1.39 bits per heavy atom. The highest BCUT2D eigenvalue weighted by Crippen LogP contribution is 2.49. The van der Waals surface area contributed by atoms with Crippen LogP contribution in [-0.4, -0.2) is 13.0 Å². The molecule has 0 atom stereocenters. The van der Waals surface area contributed by atoms with E-state index in [1.54, 1.807) is 0 Å². The Bertz CT molecular complexity index is 467. The quantitative estimate of drug-likeness (QED) is 0.846. The van der Waals surface area contributed by atoms with Crippen LogP contribution in [0, 0.1) is 0 Å². The smallest absolute Gasteiger partial charge is 0.277 e. The van der Waals surface area contributed by atoms with Crippen molar-refractivity contribution in [1.29, 1.82) is 0 Å². The summed E-state index contributed by atoms with van der Waals surface area (Å²) < 4.78 is 37.8. The first-order valence-electron chi connectivity index (χ1n) is 5.41. The maximum atomic E-state index is 12.6. The highest BCUT2D eigenvalue weighted by atomic mass is 19.4. The largest absolute Gasteiger partial charge is 0.416 e. The van der Waals surface area contributed by atoms with Gasteiger partial charge < -0.3 is 0 Å². The number of amides is 1. The second-order valence-corrected chi connectivity index (χ2v) is 4.30. The minimum absolute atomic E-state index is 0.381. The first kappa shape index (κ1) is 12.9. The highest BCUT2D eigenvalue weighted by Gasteiger charge is 2.52. The van der Waals surface area contributed by atoms with Crippen molar-refractivity contribution in [3.05, 3.63) is 35.4 Å². The zero-order valence-electron chi connectivity index (χ0n) is 9.67. The van der Waals surface area contributed by atoms with Gasteiger partial charge in [0.1, 0.15) is 0 Å². The van der Waals surface area contributed by atoms with Gasteiger partial charge in [0.2, 0.25) is 0 Å². The van der Waals surface area contributed by atoms with Crippen LogP contribution in [0.2, 0.25) is 0 Å². The number of alkyl halides is 3. The number of nitrogens with one attached hydrogen (secondary N) is 1. The van der Waals surface area contributed by atoms with Gasteiger partial charge in [-0.3, -0.25) is 9.63 Å². The lowest BCUT2D eigenvalue weighted by molar-refractivity contribution is -0.138. The van der Waals surface area contributed by atoms with Gasteiger partial charge in [0, 0.05) is 0 Å². The van der Waals surface area contributed by atoms with Crippen LogP contribution in [0.4, 0.5) is 13.2 Å². The molecule has 6 heteroatoms. The van der Waals surface area contributed by atoms with Gasteiger partial charge >= 0.3 is 6.18 Å². The summed E-state index contributed by atoms with van der Waals surface area (Å²) in [6, 6.07) is 4.88. The standard InChI is InChI=1S/C12H12F3NO2/c1-18-16-10(17)11(5-6-11)8-3-2-4-9(7-8)12(13,14)15/h2-4,7H,5-6H2,1H3,(H,16,17). The van der Waals surface area contributed by atoms with Crippen LogP contribution in [0.15, 0.2) is 24.3 Å². The van der Waals surface area contributed by atoms with Gasteiger partial charge in [0.05, 0.1) is 18.1 Å². The highest BCUT2D eigenvalue weighted by molar-refractivity contribution is 5.90. The molecule has 0 aliphatic heterocycles. The van der Waals surface area contributed by atoms with Crippen molar-refractivity contribution in [3.63, 3.8) is 0 Å². The average molecular weight is 259 g/mol. The predicted molar refractivity (Wildman–Crippen MR) is 57.5 cm³/mol. The van der Waals surface area contributed by atoms with Crippen molar-refractivity contribution in [3.8, 4) is 0 Å². The van der Waals surface area contributed by atoms with Crippen LogP contribution in [0.3, 0.4) is 0 Å². The molecular weight excluding hydrogens is 247 g/mol. The van der Waals surface area contributed by atoms with Crippen molar-refractivity contribution < 1.29 is 22.8 Å². The maximum absolute atomic E-state index is 12.6. The fourth-order valence-corrected chi connectivity index (χ4v) is 1.96. The van der Waals surface area contributed by atoms with E-state index in [0.29, 0.717) is 18.4 Å². The molecule has 0 aromatic heterocycles. The fraction of sp³-hybridized carbons (Fsp3) is 0.417. The van der Waals surface area contributed by atoms with E-state index >= 15 is 0 Å². The van der Waals surface area contributed by atoms with Crippen LogP contribution in [0.25, 0.3) is 0 Å². The monoisotopic (exact) mass is 259 g/mol. The number of hydrogen-bond acceptors (Lipinski definition) is 2. The molecule has 18 heavy (non-hydrogen) atoms. The van der Waals surface area contributed by atoms with Gasteiger partial charge in [0.25, 0.3) is 5.91 Å². The first-order chi connectivity index (χ1) is 8.40. The molecule has 0 heterocycles. The molecule has 0 bridgehead atoms. The number of rotatable bonds is 3. The zero-order valence-corrected chi connectivity index (χ0v) is 9.67. The van der Waals surface area contributed by atoms with Crippen molar-refractivity contribution in [2.24, 2.45) is 0 Å². The molecule has 0 spiro atoms. The molecule has 1 aliphatic rings. The van der Waals surface area contributed by atoms with Crippen LogP contribution in [0.1, 0.15) is 24.0 Å². The molecule has 3 nitrogen and oxygen atoms in total. The lowest BCUT2D eigenvalue weighted by Crippen LogP contribution is -2.34. The molecule has 1 saturated carbocycles. The Morgan fingerprint density at radius 2 is 2.06 bits per heavy atom. The van der Waals surface area contributed by atoms with E-state index in [9.17, 15) is 18.0 Å². The van der Waals surface area contributed by atoms with Crippen LogP contribution >= 0.6 is 0 Å². The molecule has 0 radical (unpaired) electrons. The average Bonchev–Trinajstić information content (AvgIpc) is 3.09. The number of benzene rings is 1. The number of carbonyl (C=O) groups excluding carboxylic acids is 1. The van der Waals surface area contributed by atoms with Gasteiger partial charge in [-0.05, 0) is 24.5 Å². The molecule has 1 aliphatic carbocycles. The Balaban J connectivity index is 2.32. The Labute approximate surface area is 102 Å². The second kappa shape index (κ2) is 4.28. The van der Waals surface area contributed by atoms with E-state index in [-0.39, 0.29) is 0 Å². The normalized spacial score (nSPS) is 17.3. The molecule has 98 valence electrons. The number of hydroxylamine groups is 1. The van der Waals surface area contributed by atoms with E-state index in [0.717, 1.165) is 12.1 Å². The predicted octanol–water partition coefficient (Wildman–Crippen LogP) is 2.41. The maximum Gasteiger partial charge on any atom is 0.416 e. The van der Waals surface area contributed by atoms with Crippen LogP contribution in [-0.2, 0) is 21.2 Å². The summed E-state index contributed by atoms with van der Waals surface area (Å²) >= 11 is 0. The topological polar surface area (TPSA) is 38.3 Å². The summed E-state index contributed by atoms with van der Waals surface area (Å²) in [5.41, 5.74) is 0.963. The Morgan fingerprint density at radius 3 is 2.56 bits per heavy atom. The van der Waals surface area contributed by atoms with E-state index in [2.05, 4.69) is 10.3 Å². The molecule has 1 N–H and O–H groups in total. The van der Waals surface area contributed by atoms with Gasteiger partial charge in [-0.15, -0.1) is 0 Å². The van der Waals surface area contributed by atoms with Crippen molar-refractivity contribution >= 4 is 5.91 Å². The summed E-state index contributed by atoms with van der Waals surface area (Å²) in [7, 11) is 1.29. The van der Waals surface area contributed by atoms with Gasteiger partial charge in [-0.25, -0.2) is 5.48 Å². The third kappa shape index (κ3) is 2.20. The summed E-state index contributed by atoms with van der Waals surface area (Å²) in [4.78, 5) is 16.3. The molecular formula is C12H12F3NO2. The molecule has 1 amide bonds. The van der Waals surface area contributed by atoms with Crippen molar-refractivity contribution in [2.75, 3.05) is 7.11 Å². The molecule has 1 aromatic carbocycles. The van der Waals surface area contributed by atoms with E-state index in [1.165, 1.54) is 19.2 Å². The third-order valence-corrected chi connectivity index (χ3v) is 3.12. The molecule has 1 fully saturated rings. The van der Waals surface area contributed by atoms with Crippen molar-refractivity contribution in [2.45, 2.75) is 24.4 Å². The minimum atomic E-state index is -4.40. The van der Waals surface area contributed by atoms with E-state index < -0.39 is 23.1 Å².